The van der Waals surface area contributed by atoms with Gasteiger partial charge in [-0.25, -0.2) is 0 Å². The molecular weight excluding hydrogens is 383 g/mol. The van der Waals surface area contributed by atoms with Crippen LogP contribution in [0.5, 0.6) is 0 Å². The van der Waals surface area contributed by atoms with Gasteiger partial charge in [0.2, 0.25) is 11.6 Å². The number of aryl methyl sites for hydroxylation is 2. The number of thioether (sulfide) groups is 2. The number of halogens is 2. The molecule has 0 unspecified atom stereocenters. The van der Waals surface area contributed by atoms with Crippen molar-refractivity contribution in [2.24, 2.45) is 0 Å². The third-order valence-corrected chi connectivity index (χ3v) is 7.50. The Morgan fingerprint density at radius 3 is 1.42 bits per heavy atom. The standard InChI is InChI=1S/C18H10Cl2O2S2/c1-7-3-5-9(19)11-13(21)17(23-15(7)11)18-14(22)12-10(20)6-4-8(2)16(12)24-18/h3-6H,1-2H3/b18-17+. The van der Waals surface area contributed by atoms with Gasteiger partial charge in [-0.2, -0.15) is 0 Å². The lowest BCUT2D eigenvalue weighted by atomic mass is 10.0. The minimum absolute atomic E-state index is 0.180. The van der Waals surface area contributed by atoms with Gasteiger partial charge >= 0.3 is 0 Å². The quantitative estimate of drug-likeness (QED) is 0.507. The second-order valence-corrected chi connectivity index (χ2v) is 8.51. The van der Waals surface area contributed by atoms with Crippen molar-refractivity contribution in [2.45, 2.75) is 23.6 Å². The largest absolute Gasteiger partial charge is 0.288 e. The van der Waals surface area contributed by atoms with Gasteiger partial charge in [0.15, 0.2) is 0 Å². The number of carbonyl (C=O) groups excluding carboxylic acids is 2. The highest BCUT2D eigenvalue weighted by atomic mass is 35.5. The van der Waals surface area contributed by atoms with Crippen LogP contribution in [0, 0.1) is 13.8 Å². The van der Waals surface area contributed by atoms with E-state index in [-0.39, 0.29) is 11.6 Å². The van der Waals surface area contributed by atoms with E-state index in [9.17, 15) is 9.59 Å². The van der Waals surface area contributed by atoms with Crippen LogP contribution in [0.2, 0.25) is 10.0 Å². The molecule has 2 nitrogen and oxygen atoms in total. The molecule has 2 aromatic carbocycles. The second-order valence-electron chi connectivity index (χ2n) is 5.66. The van der Waals surface area contributed by atoms with E-state index in [1.165, 1.54) is 23.5 Å². The number of Topliss-reactive ketones (excluding diaryl/α,β-unsaturated/α-hetero) is 2. The molecule has 0 radical (unpaired) electrons. The Kier molecular flexibility index (Phi) is 3.84. The molecule has 120 valence electrons. The van der Waals surface area contributed by atoms with Gasteiger partial charge in [-0.3, -0.25) is 9.59 Å². The fourth-order valence-electron chi connectivity index (χ4n) is 2.83. The number of fused-ring (bicyclic) bond motifs is 2. The van der Waals surface area contributed by atoms with Gasteiger partial charge in [0, 0.05) is 9.79 Å². The van der Waals surface area contributed by atoms with Crippen molar-refractivity contribution in [1.29, 1.82) is 0 Å². The monoisotopic (exact) mass is 392 g/mol. The van der Waals surface area contributed by atoms with Crippen LogP contribution in [0.3, 0.4) is 0 Å². The van der Waals surface area contributed by atoms with E-state index in [0.29, 0.717) is 31.0 Å². The highest BCUT2D eigenvalue weighted by molar-refractivity contribution is 8.08. The summed E-state index contributed by atoms with van der Waals surface area (Å²) in [4.78, 5) is 28.3. The van der Waals surface area contributed by atoms with Crippen molar-refractivity contribution < 1.29 is 9.59 Å². The van der Waals surface area contributed by atoms with Crippen LogP contribution >= 0.6 is 46.7 Å². The molecule has 0 aliphatic carbocycles. The average Bonchev–Trinajstić information content (AvgIpc) is 3.07. The molecule has 2 aromatic rings. The first-order valence-corrected chi connectivity index (χ1v) is 9.56. The molecule has 0 amide bonds. The third-order valence-electron chi connectivity index (χ3n) is 4.09. The Bertz CT molecular complexity index is 913. The number of rotatable bonds is 0. The van der Waals surface area contributed by atoms with E-state index in [4.69, 9.17) is 23.2 Å². The minimum atomic E-state index is -0.180. The molecule has 4 rings (SSSR count). The van der Waals surface area contributed by atoms with Gasteiger partial charge < -0.3 is 0 Å². The molecule has 0 spiro atoms. The minimum Gasteiger partial charge on any atom is -0.288 e. The van der Waals surface area contributed by atoms with E-state index >= 15 is 0 Å². The SMILES string of the molecule is Cc1ccc(Cl)c2c1S/C(=C1/Sc3c(C)ccc(Cl)c3C1=O)C2=O. The summed E-state index contributed by atoms with van der Waals surface area (Å²) in [7, 11) is 0. The van der Waals surface area contributed by atoms with Gasteiger partial charge in [-0.05, 0) is 37.1 Å². The number of hydrogen-bond donors (Lipinski definition) is 0. The summed E-state index contributed by atoms with van der Waals surface area (Å²) in [6, 6.07) is 7.21. The second kappa shape index (κ2) is 5.67. The zero-order valence-corrected chi connectivity index (χ0v) is 15.8. The van der Waals surface area contributed by atoms with E-state index < -0.39 is 0 Å². The van der Waals surface area contributed by atoms with Crippen LogP contribution in [0.1, 0.15) is 31.8 Å². The van der Waals surface area contributed by atoms with Crippen LogP contribution in [0.15, 0.2) is 43.9 Å². The summed E-state index contributed by atoms with van der Waals surface area (Å²) in [5.74, 6) is -0.359. The molecule has 0 bridgehead atoms. The molecule has 0 aromatic heterocycles. The van der Waals surface area contributed by atoms with E-state index in [2.05, 4.69) is 0 Å². The first-order valence-electron chi connectivity index (χ1n) is 7.17. The normalized spacial score (nSPS) is 19.0. The van der Waals surface area contributed by atoms with Gasteiger partial charge in [0.05, 0.1) is 31.0 Å². The Morgan fingerprint density at radius 2 is 1.08 bits per heavy atom. The van der Waals surface area contributed by atoms with Crippen LogP contribution in [0.25, 0.3) is 0 Å². The van der Waals surface area contributed by atoms with Gasteiger partial charge in [-0.15, -0.1) is 0 Å². The van der Waals surface area contributed by atoms with Crippen molar-refractivity contribution in [1.82, 2.24) is 0 Å². The Morgan fingerprint density at radius 1 is 0.708 bits per heavy atom. The lowest BCUT2D eigenvalue weighted by Crippen LogP contribution is -2.03. The molecule has 2 heterocycles. The Balaban J connectivity index is 1.90. The lowest BCUT2D eigenvalue weighted by Gasteiger charge is -2.01. The number of carbonyl (C=O) groups is 2. The maximum atomic E-state index is 12.9. The zero-order chi connectivity index (χ0) is 17.2. The van der Waals surface area contributed by atoms with Crippen LogP contribution < -0.4 is 0 Å². The average molecular weight is 393 g/mol. The van der Waals surface area contributed by atoms with Gasteiger partial charge in [0.1, 0.15) is 0 Å². The highest BCUT2D eigenvalue weighted by Gasteiger charge is 2.39. The summed E-state index contributed by atoms with van der Waals surface area (Å²) in [6.07, 6.45) is 0. The Labute approximate surface area is 157 Å². The van der Waals surface area contributed by atoms with Crippen LogP contribution in [-0.4, -0.2) is 11.6 Å². The predicted molar refractivity (Wildman–Crippen MR) is 99.8 cm³/mol. The summed E-state index contributed by atoms with van der Waals surface area (Å²) >= 11 is 15.1. The molecule has 2 aliphatic heterocycles. The molecule has 0 fully saturated rings. The van der Waals surface area contributed by atoms with E-state index in [0.717, 1.165) is 20.9 Å². The first-order chi connectivity index (χ1) is 11.4. The molecule has 24 heavy (non-hydrogen) atoms. The molecule has 0 saturated carbocycles. The van der Waals surface area contributed by atoms with Crippen LogP contribution in [-0.2, 0) is 0 Å². The van der Waals surface area contributed by atoms with Gasteiger partial charge in [0.25, 0.3) is 0 Å². The lowest BCUT2D eigenvalue weighted by molar-refractivity contribution is 0.101. The molecule has 0 N–H and O–H groups in total. The van der Waals surface area contributed by atoms with E-state index in [1.54, 1.807) is 12.1 Å². The topological polar surface area (TPSA) is 34.1 Å². The summed E-state index contributed by atoms with van der Waals surface area (Å²) in [6.45, 7) is 3.87. The maximum absolute atomic E-state index is 12.9. The smallest absolute Gasteiger partial charge is 0.203 e. The van der Waals surface area contributed by atoms with Crippen molar-refractivity contribution >= 4 is 58.3 Å². The first kappa shape index (κ1) is 16.3. The highest BCUT2D eigenvalue weighted by Crippen LogP contribution is 2.53. The molecular formula is C18H10Cl2O2S2. The van der Waals surface area contributed by atoms with E-state index in [1.807, 2.05) is 26.0 Å². The van der Waals surface area contributed by atoms with Crippen LogP contribution in [0.4, 0.5) is 0 Å². The van der Waals surface area contributed by atoms with Crippen molar-refractivity contribution in [3.05, 3.63) is 66.4 Å². The number of ketones is 2. The number of allylic oxidation sites excluding steroid dienone is 2. The van der Waals surface area contributed by atoms with Crippen molar-refractivity contribution in [3.63, 3.8) is 0 Å². The molecule has 2 aliphatic rings. The van der Waals surface area contributed by atoms with Crippen molar-refractivity contribution in [3.8, 4) is 0 Å². The van der Waals surface area contributed by atoms with Gasteiger partial charge in [-0.1, -0.05) is 58.9 Å². The predicted octanol–water partition coefficient (Wildman–Crippen LogP) is 6.10. The molecule has 0 saturated heterocycles. The molecule has 0 atom stereocenters. The third kappa shape index (κ3) is 2.21. The van der Waals surface area contributed by atoms with Crippen molar-refractivity contribution in [2.75, 3.05) is 0 Å². The number of benzene rings is 2. The number of hydrogen-bond acceptors (Lipinski definition) is 4. The fraction of sp³-hybridized carbons (Fsp3) is 0.111. The fourth-order valence-corrected chi connectivity index (χ4v) is 5.92. The summed E-state index contributed by atoms with van der Waals surface area (Å²) < 4.78 is 0. The summed E-state index contributed by atoms with van der Waals surface area (Å²) in [5, 5.41) is 0.844. The maximum Gasteiger partial charge on any atom is 0.203 e. The Hall–Kier alpha value is -1.20. The molecule has 6 heteroatoms. The summed E-state index contributed by atoms with van der Waals surface area (Å²) in [5.41, 5.74) is 2.95. The zero-order valence-electron chi connectivity index (χ0n) is 12.7.